The lowest BCUT2D eigenvalue weighted by Gasteiger charge is -2.30. The van der Waals surface area contributed by atoms with Crippen molar-refractivity contribution >= 4 is 33.2 Å². The minimum absolute atomic E-state index is 0.190. The summed E-state index contributed by atoms with van der Waals surface area (Å²) in [6.45, 7) is 5.57. The average molecular weight is 491 g/mol. The van der Waals surface area contributed by atoms with E-state index in [0.717, 1.165) is 12.0 Å². The molecule has 2 aromatic rings. The first-order valence-corrected chi connectivity index (χ1v) is 13.7. The van der Waals surface area contributed by atoms with Crippen LogP contribution in [0.2, 0.25) is 0 Å². The summed E-state index contributed by atoms with van der Waals surface area (Å²) in [7, 11) is -3.59. The second kappa shape index (κ2) is 9.95. The number of esters is 1. The number of hydrogen-bond acceptors (Lipinski definition) is 6. The van der Waals surface area contributed by atoms with Gasteiger partial charge < -0.3 is 9.64 Å². The van der Waals surface area contributed by atoms with Gasteiger partial charge in [0, 0.05) is 31.1 Å². The summed E-state index contributed by atoms with van der Waals surface area (Å²) in [4.78, 5) is 28.3. The van der Waals surface area contributed by atoms with Crippen molar-refractivity contribution in [2.24, 2.45) is 5.92 Å². The first-order chi connectivity index (χ1) is 15.8. The Morgan fingerprint density at radius 3 is 2.45 bits per heavy atom. The van der Waals surface area contributed by atoms with Crippen LogP contribution in [-0.4, -0.2) is 55.7 Å². The molecule has 0 spiro atoms. The molecule has 33 heavy (non-hydrogen) atoms. The molecule has 0 radical (unpaired) electrons. The summed E-state index contributed by atoms with van der Waals surface area (Å²) in [5.41, 5.74) is 2.25. The Kier molecular flexibility index (Phi) is 7.21. The maximum absolute atomic E-state index is 13.0. The average Bonchev–Trinajstić information content (AvgIpc) is 3.30. The molecule has 1 saturated heterocycles. The topological polar surface area (TPSA) is 84.0 Å². The quantitative estimate of drug-likeness (QED) is 0.580. The molecule has 0 N–H and O–H groups in total. The number of carbonyl (C=O) groups excluding carboxylic acids is 2. The van der Waals surface area contributed by atoms with Crippen molar-refractivity contribution < 1.29 is 22.7 Å². The molecular weight excluding hydrogens is 460 g/mol. The summed E-state index contributed by atoms with van der Waals surface area (Å²) < 4.78 is 32.7. The molecule has 0 bridgehead atoms. The molecule has 1 amide bonds. The number of ether oxygens (including phenoxy) is 1. The fourth-order valence-electron chi connectivity index (χ4n) is 4.31. The number of nitrogens with zero attached hydrogens (tertiary/aromatic N) is 2. The molecule has 3 heterocycles. The van der Waals surface area contributed by atoms with Gasteiger partial charge in [-0.2, -0.15) is 4.31 Å². The van der Waals surface area contributed by atoms with Crippen LogP contribution in [-0.2, 0) is 37.3 Å². The molecule has 9 heteroatoms. The first-order valence-electron chi connectivity index (χ1n) is 11.4. The molecule has 0 atom stereocenters. The summed E-state index contributed by atoms with van der Waals surface area (Å²) in [6, 6.07) is 9.03. The van der Waals surface area contributed by atoms with Gasteiger partial charge in [0.25, 0.3) is 5.91 Å². The highest BCUT2D eigenvalue weighted by atomic mass is 32.2. The lowest BCUT2D eigenvalue weighted by molar-refractivity contribution is -0.156. The minimum Gasteiger partial charge on any atom is -0.455 e. The Bertz CT molecular complexity index is 1100. The molecule has 1 fully saturated rings. The molecule has 7 nitrogen and oxygen atoms in total. The second-order valence-corrected chi connectivity index (χ2v) is 11.9. The van der Waals surface area contributed by atoms with Gasteiger partial charge in [0.15, 0.2) is 6.61 Å². The third-order valence-corrected chi connectivity index (χ3v) is 9.41. The summed E-state index contributed by atoms with van der Waals surface area (Å²) in [5.74, 6) is -0.671. The van der Waals surface area contributed by atoms with Crippen LogP contribution in [0.3, 0.4) is 0 Å². The van der Waals surface area contributed by atoms with Crippen molar-refractivity contribution in [1.29, 1.82) is 0 Å². The molecule has 0 unspecified atom stereocenters. The van der Waals surface area contributed by atoms with E-state index < -0.39 is 21.9 Å². The zero-order chi connectivity index (χ0) is 23.6. The number of rotatable bonds is 6. The Hall–Kier alpha value is -2.23. The van der Waals surface area contributed by atoms with E-state index in [2.05, 4.69) is 13.8 Å². The Morgan fingerprint density at radius 1 is 1.09 bits per heavy atom. The van der Waals surface area contributed by atoms with E-state index in [1.54, 1.807) is 28.4 Å². The molecule has 0 aliphatic carbocycles. The van der Waals surface area contributed by atoms with E-state index in [4.69, 9.17) is 4.74 Å². The van der Waals surface area contributed by atoms with Gasteiger partial charge in [-0.15, -0.1) is 11.3 Å². The van der Waals surface area contributed by atoms with Gasteiger partial charge >= 0.3 is 5.97 Å². The lowest BCUT2D eigenvalue weighted by Crippen LogP contribution is -2.42. The van der Waals surface area contributed by atoms with Crippen LogP contribution in [0.15, 0.2) is 40.6 Å². The number of thiophene rings is 1. The van der Waals surface area contributed by atoms with Gasteiger partial charge in [-0.1, -0.05) is 26.0 Å². The van der Waals surface area contributed by atoms with Gasteiger partial charge in [-0.05, 0) is 59.9 Å². The Morgan fingerprint density at radius 2 is 1.79 bits per heavy atom. The van der Waals surface area contributed by atoms with E-state index in [1.165, 1.54) is 14.7 Å². The lowest BCUT2D eigenvalue weighted by atomic mass is 9.98. The fraction of sp³-hybridized carbons (Fsp3) is 0.500. The molecule has 1 aromatic carbocycles. The summed E-state index contributed by atoms with van der Waals surface area (Å²) >= 11 is 1.71. The van der Waals surface area contributed by atoms with Crippen LogP contribution >= 0.6 is 11.3 Å². The standard InChI is InChI=1S/C24H30N2O5S2/c1-17(2)18-3-5-21(6-4-18)33(29,30)26-12-7-19(8-13-26)24(28)31-16-23(27)25-11-9-22-20(15-25)10-14-32-22/h3-6,10,14,17,19H,7-9,11-13,15-16H2,1-2H3. The van der Waals surface area contributed by atoms with Crippen molar-refractivity contribution in [1.82, 2.24) is 9.21 Å². The van der Waals surface area contributed by atoms with Crippen LogP contribution in [0.1, 0.15) is 48.6 Å². The highest BCUT2D eigenvalue weighted by Crippen LogP contribution is 2.27. The van der Waals surface area contributed by atoms with E-state index in [1.807, 2.05) is 23.6 Å². The predicted octanol–water partition coefficient (Wildman–Crippen LogP) is 3.40. The van der Waals surface area contributed by atoms with Gasteiger partial charge in [-0.25, -0.2) is 8.42 Å². The number of piperidine rings is 1. The van der Waals surface area contributed by atoms with Gasteiger partial charge in [0.1, 0.15) is 0 Å². The Labute approximate surface area is 199 Å². The number of benzene rings is 1. The van der Waals surface area contributed by atoms with Crippen molar-refractivity contribution in [2.45, 2.75) is 50.5 Å². The third-order valence-electron chi connectivity index (χ3n) is 6.47. The van der Waals surface area contributed by atoms with Gasteiger partial charge in [0.2, 0.25) is 10.0 Å². The molecule has 0 saturated carbocycles. The number of carbonyl (C=O) groups is 2. The molecule has 4 rings (SSSR count). The van der Waals surface area contributed by atoms with Crippen LogP contribution < -0.4 is 0 Å². The van der Waals surface area contributed by atoms with Crippen molar-refractivity contribution in [2.75, 3.05) is 26.2 Å². The monoisotopic (exact) mass is 490 g/mol. The van der Waals surface area contributed by atoms with E-state index in [9.17, 15) is 18.0 Å². The highest BCUT2D eigenvalue weighted by molar-refractivity contribution is 7.89. The largest absolute Gasteiger partial charge is 0.455 e. The molecule has 1 aromatic heterocycles. The maximum atomic E-state index is 13.0. The summed E-state index contributed by atoms with van der Waals surface area (Å²) in [6.07, 6.45) is 1.61. The Balaban J connectivity index is 1.26. The van der Waals surface area contributed by atoms with E-state index >= 15 is 0 Å². The van der Waals surface area contributed by atoms with Crippen LogP contribution in [0.4, 0.5) is 0 Å². The van der Waals surface area contributed by atoms with Gasteiger partial charge in [0.05, 0.1) is 10.8 Å². The number of sulfonamides is 1. The van der Waals surface area contributed by atoms with Crippen LogP contribution in [0.5, 0.6) is 0 Å². The van der Waals surface area contributed by atoms with Crippen molar-refractivity contribution in [3.8, 4) is 0 Å². The van der Waals surface area contributed by atoms with E-state index in [-0.39, 0.29) is 30.5 Å². The second-order valence-electron chi connectivity index (χ2n) is 8.94. The van der Waals surface area contributed by atoms with Crippen molar-refractivity contribution in [3.63, 3.8) is 0 Å². The number of amides is 1. The molecule has 2 aliphatic heterocycles. The smallest absolute Gasteiger partial charge is 0.309 e. The maximum Gasteiger partial charge on any atom is 0.309 e. The number of fused-ring (bicyclic) bond motifs is 1. The zero-order valence-electron chi connectivity index (χ0n) is 19.0. The number of hydrogen-bond donors (Lipinski definition) is 0. The van der Waals surface area contributed by atoms with Crippen LogP contribution in [0, 0.1) is 5.92 Å². The first kappa shape index (κ1) is 23.9. The predicted molar refractivity (Wildman–Crippen MR) is 126 cm³/mol. The minimum atomic E-state index is -3.59. The highest BCUT2D eigenvalue weighted by Gasteiger charge is 2.33. The summed E-state index contributed by atoms with van der Waals surface area (Å²) in [5, 5.41) is 2.03. The normalized spacial score (nSPS) is 17.7. The zero-order valence-corrected chi connectivity index (χ0v) is 20.7. The van der Waals surface area contributed by atoms with Crippen molar-refractivity contribution in [3.05, 3.63) is 51.7 Å². The SMILES string of the molecule is CC(C)c1ccc(S(=O)(=O)N2CCC(C(=O)OCC(=O)N3CCc4sccc4C3)CC2)cc1. The fourth-order valence-corrected chi connectivity index (χ4v) is 6.67. The van der Waals surface area contributed by atoms with Gasteiger partial charge in [-0.3, -0.25) is 9.59 Å². The van der Waals surface area contributed by atoms with E-state index in [0.29, 0.717) is 31.8 Å². The third kappa shape index (κ3) is 5.31. The molecular formula is C24H30N2O5S2. The molecule has 2 aliphatic rings. The van der Waals surface area contributed by atoms with Crippen LogP contribution in [0.25, 0.3) is 0 Å². The molecule has 178 valence electrons.